The normalized spacial score (nSPS) is 14.0. The Kier molecular flexibility index (Phi) is 8.29. The highest BCUT2D eigenvalue weighted by Crippen LogP contribution is 2.05. The lowest BCUT2D eigenvalue weighted by atomic mass is 10.3. The van der Waals surface area contributed by atoms with E-state index in [4.69, 9.17) is 11.6 Å². The number of rotatable bonds is 7. The fourth-order valence-electron chi connectivity index (χ4n) is 0.983. The fraction of sp³-hybridized carbons (Fsp3) is 1.00. The Balaban J connectivity index is 3.14. The van der Waals surface area contributed by atoms with Gasteiger partial charge in [0, 0.05) is 15.4 Å². The first-order valence-corrected chi connectivity index (χ1v) is 6.77. The van der Waals surface area contributed by atoms with Crippen molar-refractivity contribution in [3.63, 3.8) is 0 Å². The first-order valence-electron chi connectivity index (χ1n) is 4.23. The minimum Gasteiger partial charge on any atom is -0.151 e. The van der Waals surface area contributed by atoms with Gasteiger partial charge in [-0.2, -0.15) is 4.91 Å². The van der Waals surface area contributed by atoms with Gasteiger partial charge in [0.15, 0.2) is 0 Å². The van der Waals surface area contributed by atoms with Gasteiger partial charge in [0.2, 0.25) is 0 Å². The highest BCUT2D eigenvalue weighted by Gasteiger charge is 2.04. The van der Waals surface area contributed by atoms with Crippen LogP contribution in [-0.2, 0) is 0 Å². The topological polar surface area (TPSA) is 29.4 Å². The lowest BCUT2D eigenvalue weighted by Crippen LogP contribution is -2.05. The van der Waals surface area contributed by atoms with Crippen LogP contribution >= 0.6 is 11.6 Å². The van der Waals surface area contributed by atoms with Gasteiger partial charge in [0.1, 0.15) is 0 Å². The zero-order chi connectivity index (χ0) is 8.53. The van der Waals surface area contributed by atoms with Gasteiger partial charge in [0.05, 0.1) is 6.04 Å². The number of halogens is 1. The Morgan fingerprint density at radius 1 is 1.64 bits per heavy atom. The maximum Gasteiger partial charge on any atom is 0.0888 e. The van der Waals surface area contributed by atoms with Crippen LogP contribution in [0.5, 0.6) is 0 Å². The highest BCUT2D eigenvalue weighted by atomic mass is 35.5. The third-order valence-corrected chi connectivity index (χ3v) is 4.13. The second kappa shape index (κ2) is 8.21. The van der Waals surface area contributed by atoms with Crippen LogP contribution in [0.25, 0.3) is 0 Å². The summed E-state index contributed by atoms with van der Waals surface area (Å²) >= 11 is 5.52. The molecule has 0 aliphatic rings. The number of hydrogen-bond donors (Lipinski definition) is 0. The molecule has 0 rings (SSSR count). The molecule has 0 aliphatic carbocycles. The minimum absolute atomic E-state index is 0.0473. The summed E-state index contributed by atoms with van der Waals surface area (Å²) in [5.41, 5.74) is 0. The molecule has 1 atom stereocenters. The standard InChI is InChI=1S/C7H16ClNOSi/c1-2-7(9-10)6-11-5-3-4-8/h7H,2-6,11H2,1H3. The van der Waals surface area contributed by atoms with E-state index in [1.165, 1.54) is 6.04 Å². The first-order chi connectivity index (χ1) is 5.35. The molecule has 0 aliphatic heterocycles. The predicted molar refractivity (Wildman–Crippen MR) is 53.4 cm³/mol. The van der Waals surface area contributed by atoms with Crippen molar-refractivity contribution >= 4 is 21.1 Å². The quantitative estimate of drug-likeness (QED) is 0.264. The molecule has 4 heteroatoms. The molecule has 0 N–H and O–H groups in total. The molecule has 1 unspecified atom stereocenters. The number of alkyl halides is 1. The highest BCUT2D eigenvalue weighted by molar-refractivity contribution is 6.35. The number of nitrogens with zero attached hydrogens (tertiary/aromatic N) is 1. The molecule has 0 aromatic carbocycles. The van der Waals surface area contributed by atoms with Gasteiger partial charge in [-0.05, 0) is 18.9 Å². The van der Waals surface area contributed by atoms with Crippen LogP contribution < -0.4 is 0 Å². The Bertz CT molecular complexity index is 102. The van der Waals surface area contributed by atoms with Gasteiger partial charge in [-0.15, -0.1) is 11.6 Å². The molecule has 0 saturated carbocycles. The minimum atomic E-state index is -0.0473. The van der Waals surface area contributed by atoms with Crippen LogP contribution in [0.4, 0.5) is 0 Å². The molecular weight excluding hydrogens is 178 g/mol. The van der Waals surface area contributed by atoms with Crippen molar-refractivity contribution in [1.29, 1.82) is 0 Å². The van der Waals surface area contributed by atoms with E-state index in [2.05, 4.69) is 5.18 Å². The summed E-state index contributed by atoms with van der Waals surface area (Å²) in [4.78, 5) is 10.1. The third kappa shape index (κ3) is 6.50. The maximum atomic E-state index is 10.1. The molecule has 2 nitrogen and oxygen atoms in total. The van der Waals surface area contributed by atoms with E-state index in [-0.39, 0.29) is 15.6 Å². The van der Waals surface area contributed by atoms with Gasteiger partial charge in [0.25, 0.3) is 0 Å². The number of hydrogen-bond acceptors (Lipinski definition) is 2. The largest absolute Gasteiger partial charge is 0.151 e. The molecule has 0 amide bonds. The lowest BCUT2D eigenvalue weighted by Gasteiger charge is -2.03. The molecule has 66 valence electrons. The zero-order valence-electron chi connectivity index (χ0n) is 7.05. The fourth-order valence-corrected chi connectivity index (χ4v) is 3.37. The van der Waals surface area contributed by atoms with Crippen LogP contribution in [0.1, 0.15) is 19.8 Å². The van der Waals surface area contributed by atoms with Crippen LogP contribution in [0.15, 0.2) is 5.18 Å². The monoisotopic (exact) mass is 193 g/mol. The molecule has 0 aromatic heterocycles. The van der Waals surface area contributed by atoms with E-state index >= 15 is 0 Å². The van der Waals surface area contributed by atoms with Crippen molar-refractivity contribution in [3.8, 4) is 0 Å². The van der Waals surface area contributed by atoms with E-state index in [1.54, 1.807) is 0 Å². The Morgan fingerprint density at radius 2 is 2.36 bits per heavy atom. The van der Waals surface area contributed by atoms with Crippen molar-refractivity contribution in [2.75, 3.05) is 5.88 Å². The van der Waals surface area contributed by atoms with E-state index in [0.717, 1.165) is 24.8 Å². The lowest BCUT2D eigenvalue weighted by molar-refractivity contribution is 0.705. The smallest absolute Gasteiger partial charge is 0.0888 e. The van der Waals surface area contributed by atoms with E-state index in [0.29, 0.717) is 0 Å². The SMILES string of the molecule is CCC(C[SiH2]CCCCl)N=O. The molecule has 0 aromatic rings. The Hall–Kier alpha value is 0.107. The maximum absolute atomic E-state index is 10.1. The molecule has 0 saturated heterocycles. The Morgan fingerprint density at radius 3 is 2.82 bits per heavy atom. The predicted octanol–water partition coefficient (Wildman–Crippen LogP) is 2.17. The summed E-state index contributed by atoms with van der Waals surface area (Å²) in [7, 11) is -0.0473. The van der Waals surface area contributed by atoms with E-state index in [9.17, 15) is 4.91 Å². The van der Waals surface area contributed by atoms with Gasteiger partial charge >= 0.3 is 0 Å². The summed E-state index contributed by atoms with van der Waals surface area (Å²) < 4.78 is 0. The molecule has 0 bridgehead atoms. The summed E-state index contributed by atoms with van der Waals surface area (Å²) in [5, 5.41) is 3.06. The zero-order valence-corrected chi connectivity index (χ0v) is 9.22. The molecule has 0 spiro atoms. The second-order valence-corrected chi connectivity index (χ2v) is 5.08. The molecule has 0 fully saturated rings. The van der Waals surface area contributed by atoms with E-state index in [1.807, 2.05) is 6.92 Å². The van der Waals surface area contributed by atoms with Crippen LogP contribution in [0.3, 0.4) is 0 Å². The van der Waals surface area contributed by atoms with Gasteiger partial charge in [-0.1, -0.05) is 18.1 Å². The molecular formula is C7H16ClNOSi. The summed E-state index contributed by atoms with van der Waals surface area (Å²) in [6.45, 7) is 2.02. The van der Waals surface area contributed by atoms with E-state index < -0.39 is 0 Å². The van der Waals surface area contributed by atoms with Gasteiger partial charge in [-0.3, -0.25) is 0 Å². The van der Waals surface area contributed by atoms with Gasteiger partial charge < -0.3 is 0 Å². The average Bonchev–Trinajstić information content (AvgIpc) is 2.05. The first kappa shape index (κ1) is 11.1. The van der Waals surface area contributed by atoms with Crippen LogP contribution in [-0.4, -0.2) is 21.4 Å². The van der Waals surface area contributed by atoms with Gasteiger partial charge in [-0.25, -0.2) is 0 Å². The number of nitroso groups, excluding NO2 is 1. The van der Waals surface area contributed by atoms with Crippen molar-refractivity contribution in [1.82, 2.24) is 0 Å². The Labute approximate surface area is 75.5 Å². The summed E-state index contributed by atoms with van der Waals surface area (Å²) in [6.07, 6.45) is 2.01. The molecule has 0 heterocycles. The van der Waals surface area contributed by atoms with Crippen molar-refractivity contribution in [2.24, 2.45) is 5.18 Å². The van der Waals surface area contributed by atoms with Crippen molar-refractivity contribution in [2.45, 2.75) is 37.9 Å². The van der Waals surface area contributed by atoms with Crippen molar-refractivity contribution < 1.29 is 0 Å². The third-order valence-electron chi connectivity index (χ3n) is 1.79. The molecule has 0 radical (unpaired) electrons. The van der Waals surface area contributed by atoms with Crippen LogP contribution in [0.2, 0.25) is 12.1 Å². The summed E-state index contributed by atoms with van der Waals surface area (Å²) in [5.74, 6) is 0.762. The second-order valence-electron chi connectivity index (χ2n) is 2.71. The average molecular weight is 194 g/mol. The summed E-state index contributed by atoms with van der Waals surface area (Å²) in [6, 6.07) is 2.42. The molecule has 11 heavy (non-hydrogen) atoms. The van der Waals surface area contributed by atoms with Crippen LogP contribution in [0, 0.1) is 4.91 Å². The van der Waals surface area contributed by atoms with Crippen molar-refractivity contribution in [3.05, 3.63) is 4.91 Å².